The Kier molecular flexibility index (Phi) is 5.27. The third-order valence-electron chi connectivity index (χ3n) is 5.37. The molecule has 1 unspecified atom stereocenters. The summed E-state index contributed by atoms with van der Waals surface area (Å²) in [7, 11) is 0. The molecule has 1 aliphatic carbocycles. The molecule has 1 fully saturated rings. The van der Waals surface area contributed by atoms with Crippen molar-refractivity contribution < 1.29 is 29.6 Å². The van der Waals surface area contributed by atoms with Crippen molar-refractivity contribution in [1.29, 1.82) is 0 Å². The molecule has 7 nitrogen and oxygen atoms in total. The summed E-state index contributed by atoms with van der Waals surface area (Å²) in [6, 6.07) is 4.50. The highest BCUT2D eigenvalue weighted by Crippen LogP contribution is 2.32. The molecule has 2 aliphatic heterocycles. The van der Waals surface area contributed by atoms with E-state index in [0.29, 0.717) is 12.1 Å². The fourth-order valence-corrected chi connectivity index (χ4v) is 3.82. The summed E-state index contributed by atoms with van der Waals surface area (Å²) in [5, 5.41) is 22.3. The summed E-state index contributed by atoms with van der Waals surface area (Å²) in [6.07, 6.45) is 8.82. The first kappa shape index (κ1) is 18.5. The lowest BCUT2D eigenvalue weighted by Gasteiger charge is -2.25. The van der Waals surface area contributed by atoms with Gasteiger partial charge in [0.1, 0.15) is 13.1 Å². The number of quaternary nitrogens is 1. The number of phenols is 2. The van der Waals surface area contributed by atoms with Crippen LogP contribution in [0.15, 0.2) is 53.8 Å². The summed E-state index contributed by atoms with van der Waals surface area (Å²) >= 11 is 0. The first-order valence-corrected chi connectivity index (χ1v) is 9.56. The van der Waals surface area contributed by atoms with Crippen LogP contribution in [0.1, 0.15) is 6.42 Å². The molecule has 0 aromatic heterocycles. The highest BCUT2D eigenvalue weighted by atomic mass is 16.5. The van der Waals surface area contributed by atoms with Crippen LogP contribution < -0.4 is 15.2 Å². The second-order valence-electron chi connectivity index (χ2n) is 7.26. The number of amides is 1. The third kappa shape index (κ3) is 3.85. The molecule has 1 aromatic rings. The van der Waals surface area contributed by atoms with E-state index in [1.807, 2.05) is 12.2 Å². The lowest BCUT2D eigenvalue weighted by molar-refractivity contribution is -0.908. The molecule has 0 bridgehead atoms. The number of fused-ring (bicyclic) bond motifs is 1. The summed E-state index contributed by atoms with van der Waals surface area (Å²) in [5.41, 5.74) is 3.02. The summed E-state index contributed by atoms with van der Waals surface area (Å²) in [6.45, 7) is 4.21. The van der Waals surface area contributed by atoms with Crippen LogP contribution in [-0.2, 0) is 9.53 Å². The van der Waals surface area contributed by atoms with Crippen molar-refractivity contribution in [2.45, 2.75) is 6.42 Å². The molecule has 3 aliphatic rings. The number of ether oxygens (including phenoxy) is 1. The molecule has 7 heteroatoms. The molecule has 0 radical (unpaired) electrons. The molecule has 1 saturated heterocycles. The number of hydrogen-bond acceptors (Lipinski definition) is 4. The lowest BCUT2D eigenvalue weighted by atomic mass is 9.85. The number of carbonyl (C=O) groups is 1. The maximum atomic E-state index is 12.8. The molecule has 146 valence electrons. The van der Waals surface area contributed by atoms with Gasteiger partial charge in [0.2, 0.25) is 11.4 Å². The Morgan fingerprint density at radius 3 is 2.89 bits per heavy atom. The summed E-state index contributed by atoms with van der Waals surface area (Å²) in [4.78, 5) is 17.6. The predicted molar refractivity (Wildman–Crippen MR) is 104 cm³/mol. The minimum atomic E-state index is -0.332. The maximum Gasteiger partial charge on any atom is 0.315 e. The number of nitrogens with one attached hydrogen (secondary N) is 3. The number of para-hydroxylation sites is 1. The van der Waals surface area contributed by atoms with E-state index in [-0.39, 0.29) is 29.0 Å². The summed E-state index contributed by atoms with van der Waals surface area (Å²) in [5.74, 6) is -0.752. The van der Waals surface area contributed by atoms with Gasteiger partial charge in [-0.2, -0.15) is 0 Å². The Morgan fingerprint density at radius 1 is 1.25 bits per heavy atom. The first-order valence-electron chi connectivity index (χ1n) is 9.56. The Labute approximate surface area is 163 Å². The van der Waals surface area contributed by atoms with Crippen molar-refractivity contribution in [3.63, 3.8) is 0 Å². The van der Waals surface area contributed by atoms with Crippen LogP contribution in [0.5, 0.6) is 11.5 Å². The number of rotatable bonds is 4. The fraction of sp³-hybridized carbons (Fsp3) is 0.333. The van der Waals surface area contributed by atoms with Crippen molar-refractivity contribution in [2.75, 3.05) is 38.2 Å². The van der Waals surface area contributed by atoms with Gasteiger partial charge in [0, 0.05) is 17.9 Å². The van der Waals surface area contributed by atoms with Gasteiger partial charge in [-0.05, 0) is 12.1 Å². The fourth-order valence-electron chi connectivity index (χ4n) is 3.82. The standard InChI is InChI=1S/C21H23N3O4/c25-19-7-3-6-16(20(19)26)23-21(27)17-12-14-4-1-2-5-15(14)18(22-17)13-24-8-10-28-11-9-24/h1-7,14,25-26H,8-13H2,(H,23,27)/p+2. The molecule has 28 heavy (non-hydrogen) atoms. The number of benzene rings is 1. The van der Waals surface area contributed by atoms with E-state index in [0.717, 1.165) is 38.5 Å². The smallest absolute Gasteiger partial charge is 0.315 e. The van der Waals surface area contributed by atoms with E-state index in [2.05, 4.69) is 22.5 Å². The lowest BCUT2D eigenvalue weighted by Crippen LogP contribution is -3.15. The van der Waals surface area contributed by atoms with Crippen LogP contribution in [0.3, 0.4) is 0 Å². The Hall–Kier alpha value is -2.90. The number of carbonyl (C=O) groups excluding carboxylic acids is 1. The second-order valence-corrected chi connectivity index (χ2v) is 7.26. The van der Waals surface area contributed by atoms with Crippen LogP contribution in [-0.4, -0.2) is 54.7 Å². The van der Waals surface area contributed by atoms with E-state index in [1.165, 1.54) is 16.5 Å². The zero-order valence-corrected chi connectivity index (χ0v) is 15.6. The van der Waals surface area contributed by atoms with Crippen LogP contribution in [0.4, 0.5) is 5.69 Å². The molecular weight excluding hydrogens is 358 g/mol. The van der Waals surface area contributed by atoms with Crippen LogP contribution in [0.2, 0.25) is 0 Å². The molecule has 1 aromatic carbocycles. The molecule has 4 rings (SSSR count). The average molecular weight is 383 g/mol. The molecule has 5 N–H and O–H groups in total. The Balaban J connectivity index is 1.58. The number of allylic oxidation sites excluding steroid dienone is 5. The van der Waals surface area contributed by atoms with E-state index in [4.69, 9.17) is 4.74 Å². The van der Waals surface area contributed by atoms with E-state index in [9.17, 15) is 15.0 Å². The van der Waals surface area contributed by atoms with Gasteiger partial charge < -0.3 is 25.2 Å². The largest absolute Gasteiger partial charge is 0.504 e. The number of anilines is 1. The number of hydrogen-bond donors (Lipinski definition) is 5. The molecule has 1 amide bonds. The molecule has 1 atom stereocenters. The van der Waals surface area contributed by atoms with Crippen molar-refractivity contribution in [3.05, 3.63) is 53.8 Å². The van der Waals surface area contributed by atoms with Crippen molar-refractivity contribution in [2.24, 2.45) is 5.92 Å². The molecule has 0 saturated carbocycles. The average Bonchev–Trinajstić information content (AvgIpc) is 2.72. The quantitative estimate of drug-likeness (QED) is 0.425. The van der Waals surface area contributed by atoms with E-state index in [1.54, 1.807) is 12.1 Å². The highest BCUT2D eigenvalue weighted by Gasteiger charge is 2.34. The SMILES string of the molecule is O=C(Nc1cccc(O)c1O)C1=[NH+]C(C[NH+]2CCOCC2)=C2C=CC=CC2C1. The Bertz CT molecular complexity index is 895. The monoisotopic (exact) mass is 383 g/mol. The van der Waals surface area contributed by atoms with Crippen molar-refractivity contribution in [1.82, 2.24) is 0 Å². The third-order valence-corrected chi connectivity index (χ3v) is 5.37. The Morgan fingerprint density at radius 2 is 2.07 bits per heavy atom. The highest BCUT2D eigenvalue weighted by molar-refractivity contribution is 6.41. The van der Waals surface area contributed by atoms with Gasteiger partial charge in [-0.25, -0.2) is 4.99 Å². The van der Waals surface area contributed by atoms with Gasteiger partial charge in [-0.15, -0.1) is 0 Å². The zero-order chi connectivity index (χ0) is 19.5. The topological polar surface area (TPSA) is 97.2 Å². The van der Waals surface area contributed by atoms with Gasteiger partial charge in [0.05, 0.1) is 18.9 Å². The zero-order valence-electron chi connectivity index (χ0n) is 15.6. The normalized spacial score (nSPS) is 22.0. The van der Waals surface area contributed by atoms with E-state index >= 15 is 0 Å². The van der Waals surface area contributed by atoms with Gasteiger partial charge in [-0.3, -0.25) is 4.79 Å². The van der Waals surface area contributed by atoms with Crippen molar-refractivity contribution in [3.8, 4) is 11.5 Å². The van der Waals surface area contributed by atoms with Crippen LogP contribution in [0.25, 0.3) is 0 Å². The van der Waals surface area contributed by atoms with Crippen LogP contribution >= 0.6 is 0 Å². The molecular formula is C21H25N3O4+2. The van der Waals surface area contributed by atoms with Crippen molar-refractivity contribution >= 4 is 17.3 Å². The number of morpholine rings is 1. The second kappa shape index (κ2) is 8.00. The minimum Gasteiger partial charge on any atom is -0.504 e. The van der Waals surface area contributed by atoms with Gasteiger partial charge >= 0.3 is 5.91 Å². The molecule has 2 heterocycles. The number of aromatic hydroxyl groups is 2. The van der Waals surface area contributed by atoms with Gasteiger partial charge in [-0.1, -0.05) is 30.4 Å². The predicted octanol–water partition coefficient (Wildman–Crippen LogP) is -1.13. The van der Waals surface area contributed by atoms with Gasteiger partial charge in [0.15, 0.2) is 18.0 Å². The minimum absolute atomic E-state index is 0.153. The summed E-state index contributed by atoms with van der Waals surface area (Å²) < 4.78 is 5.45. The van der Waals surface area contributed by atoms with Gasteiger partial charge in [0.25, 0.3) is 0 Å². The van der Waals surface area contributed by atoms with Crippen LogP contribution in [0, 0.1) is 5.92 Å². The number of phenolic OH excluding ortho intramolecular Hbond substituents is 2. The van der Waals surface area contributed by atoms with E-state index < -0.39 is 0 Å². The first-order chi connectivity index (χ1) is 13.6. The maximum absolute atomic E-state index is 12.8. The molecule has 0 spiro atoms.